The number of amides is 1. The van der Waals surface area contributed by atoms with E-state index in [2.05, 4.69) is 23.1 Å². The largest absolute Gasteiger partial charge is 0.481 e. The summed E-state index contributed by atoms with van der Waals surface area (Å²) in [6, 6.07) is 20.2. The number of nitrogens with zero attached hydrogens (tertiary/aromatic N) is 2. The van der Waals surface area contributed by atoms with E-state index in [-0.39, 0.29) is 5.91 Å². The minimum atomic E-state index is -0.866. The van der Waals surface area contributed by atoms with Crippen LogP contribution in [0.25, 0.3) is 6.08 Å². The third-order valence-corrected chi connectivity index (χ3v) is 6.26. The van der Waals surface area contributed by atoms with Crippen LogP contribution in [-0.4, -0.2) is 48.1 Å². The molecule has 5 nitrogen and oxygen atoms in total. The van der Waals surface area contributed by atoms with E-state index in [9.17, 15) is 14.7 Å². The van der Waals surface area contributed by atoms with E-state index in [0.29, 0.717) is 25.9 Å². The normalized spacial score (nSPS) is 23.4. The molecule has 1 aliphatic carbocycles. The zero-order valence-electron chi connectivity index (χ0n) is 17.1. The zero-order valence-corrected chi connectivity index (χ0v) is 17.1. The number of benzene rings is 2. The summed E-state index contributed by atoms with van der Waals surface area (Å²) in [7, 11) is 0. The highest BCUT2D eigenvalue weighted by atomic mass is 16.4. The fraction of sp³-hybridized carbons (Fsp3) is 0.360. The van der Waals surface area contributed by atoms with Crippen molar-refractivity contribution >= 4 is 23.6 Å². The van der Waals surface area contributed by atoms with Crippen molar-refractivity contribution in [2.45, 2.75) is 19.3 Å². The number of carbonyl (C=O) groups excluding carboxylic acids is 1. The van der Waals surface area contributed by atoms with Crippen molar-refractivity contribution in [3.63, 3.8) is 0 Å². The number of hydrogen-bond donors (Lipinski definition) is 1. The molecule has 0 bridgehead atoms. The Bertz CT molecular complexity index is 903. The zero-order chi connectivity index (χ0) is 20.9. The summed E-state index contributed by atoms with van der Waals surface area (Å²) in [6.45, 7) is 2.84. The highest BCUT2D eigenvalue weighted by molar-refractivity contribution is 5.85. The molecule has 5 heteroatoms. The van der Waals surface area contributed by atoms with Gasteiger partial charge < -0.3 is 14.9 Å². The molecule has 0 radical (unpaired) electrons. The van der Waals surface area contributed by atoms with Gasteiger partial charge in [0.1, 0.15) is 0 Å². The number of carboxylic acids is 1. The Morgan fingerprint density at radius 1 is 0.867 bits per heavy atom. The molecule has 2 aromatic carbocycles. The third kappa shape index (κ3) is 4.56. The van der Waals surface area contributed by atoms with Gasteiger partial charge in [0.2, 0.25) is 5.91 Å². The van der Waals surface area contributed by atoms with Crippen molar-refractivity contribution in [3.05, 3.63) is 71.8 Å². The Morgan fingerprint density at radius 3 is 2.13 bits per heavy atom. The number of rotatable bonds is 4. The summed E-state index contributed by atoms with van der Waals surface area (Å²) in [5, 5.41) is 9.82. The van der Waals surface area contributed by atoms with Crippen molar-refractivity contribution < 1.29 is 14.7 Å². The van der Waals surface area contributed by atoms with Crippen LogP contribution in [0.15, 0.2) is 66.2 Å². The monoisotopic (exact) mass is 404 g/mol. The molecule has 2 fully saturated rings. The lowest BCUT2D eigenvalue weighted by Gasteiger charge is -2.39. The van der Waals surface area contributed by atoms with E-state index in [0.717, 1.165) is 30.6 Å². The SMILES string of the molecule is O=C(O)C1CC(=Cc2ccccc2)CCC1C(=O)N1CCN(c2ccccc2)CC1. The van der Waals surface area contributed by atoms with E-state index >= 15 is 0 Å². The first kappa shape index (κ1) is 20.2. The van der Waals surface area contributed by atoms with Crippen LogP contribution in [0.3, 0.4) is 0 Å². The number of piperazine rings is 1. The second-order valence-electron chi connectivity index (χ2n) is 8.16. The van der Waals surface area contributed by atoms with Gasteiger partial charge in [-0.15, -0.1) is 0 Å². The van der Waals surface area contributed by atoms with Gasteiger partial charge in [0.05, 0.1) is 11.8 Å². The lowest BCUT2D eigenvalue weighted by molar-refractivity contribution is -0.151. The second kappa shape index (κ2) is 9.16. The smallest absolute Gasteiger partial charge is 0.307 e. The van der Waals surface area contributed by atoms with Crippen LogP contribution in [0.2, 0.25) is 0 Å². The topological polar surface area (TPSA) is 60.9 Å². The van der Waals surface area contributed by atoms with Crippen LogP contribution in [0, 0.1) is 11.8 Å². The molecule has 1 saturated heterocycles. The standard InChI is InChI=1S/C25H28N2O3/c28-24(27-15-13-26(14-16-27)21-9-5-2-6-10-21)22-12-11-20(18-23(22)25(29)30)17-19-7-3-1-4-8-19/h1-10,17,22-23H,11-16,18H2,(H,29,30). The van der Waals surface area contributed by atoms with E-state index < -0.39 is 17.8 Å². The maximum atomic E-state index is 13.2. The van der Waals surface area contributed by atoms with Crippen molar-refractivity contribution in [2.75, 3.05) is 31.1 Å². The molecule has 156 valence electrons. The number of carboxylic acid groups (broad SMARTS) is 1. The quantitative estimate of drug-likeness (QED) is 0.839. The molecule has 2 aliphatic rings. The summed E-state index contributed by atoms with van der Waals surface area (Å²) in [4.78, 5) is 29.3. The van der Waals surface area contributed by atoms with Crippen molar-refractivity contribution in [1.82, 2.24) is 4.90 Å². The molecule has 0 spiro atoms. The molecular weight excluding hydrogens is 376 g/mol. The molecule has 1 N–H and O–H groups in total. The first-order valence-electron chi connectivity index (χ1n) is 10.7. The van der Waals surface area contributed by atoms with Gasteiger partial charge >= 0.3 is 5.97 Å². The first-order valence-corrected chi connectivity index (χ1v) is 10.7. The summed E-state index contributed by atoms with van der Waals surface area (Å²) in [5.41, 5.74) is 3.37. The molecule has 30 heavy (non-hydrogen) atoms. The Kier molecular flexibility index (Phi) is 6.17. The van der Waals surface area contributed by atoms with Gasteiger partial charge in [-0.05, 0) is 37.0 Å². The minimum Gasteiger partial charge on any atom is -0.481 e. The van der Waals surface area contributed by atoms with E-state index in [4.69, 9.17) is 0 Å². The van der Waals surface area contributed by atoms with Gasteiger partial charge in [-0.3, -0.25) is 9.59 Å². The first-order chi connectivity index (χ1) is 14.6. The van der Waals surface area contributed by atoms with Gasteiger partial charge in [-0.25, -0.2) is 0 Å². The van der Waals surface area contributed by atoms with Crippen molar-refractivity contribution in [3.8, 4) is 0 Å². The number of anilines is 1. The van der Waals surface area contributed by atoms with Gasteiger partial charge in [0, 0.05) is 31.9 Å². The molecule has 4 rings (SSSR count). The van der Waals surface area contributed by atoms with Crippen LogP contribution in [-0.2, 0) is 9.59 Å². The second-order valence-corrected chi connectivity index (χ2v) is 8.16. The number of para-hydroxylation sites is 1. The third-order valence-electron chi connectivity index (χ3n) is 6.26. The van der Waals surface area contributed by atoms with Gasteiger partial charge in [-0.2, -0.15) is 0 Å². The molecule has 2 unspecified atom stereocenters. The molecule has 2 aromatic rings. The number of carbonyl (C=O) groups is 2. The lowest BCUT2D eigenvalue weighted by atomic mass is 9.75. The molecule has 1 aliphatic heterocycles. The summed E-state index contributed by atoms with van der Waals surface area (Å²) >= 11 is 0. The fourth-order valence-corrected chi connectivity index (χ4v) is 4.60. The molecular formula is C25H28N2O3. The maximum absolute atomic E-state index is 13.2. The van der Waals surface area contributed by atoms with Gasteiger partial charge in [0.15, 0.2) is 0 Å². The lowest BCUT2D eigenvalue weighted by Crippen LogP contribution is -2.52. The summed E-state index contributed by atoms with van der Waals surface area (Å²) in [5.74, 6) is -1.93. The van der Waals surface area contributed by atoms with E-state index in [1.807, 2.05) is 53.4 Å². The van der Waals surface area contributed by atoms with Crippen molar-refractivity contribution in [2.24, 2.45) is 11.8 Å². The van der Waals surface area contributed by atoms with Crippen molar-refractivity contribution in [1.29, 1.82) is 0 Å². The Balaban J connectivity index is 1.40. The number of allylic oxidation sites excluding steroid dienone is 1. The number of hydrogen-bond acceptors (Lipinski definition) is 3. The average Bonchev–Trinajstić information content (AvgIpc) is 2.80. The minimum absolute atomic E-state index is 0.00822. The Morgan fingerprint density at radius 2 is 1.50 bits per heavy atom. The molecule has 0 aromatic heterocycles. The fourth-order valence-electron chi connectivity index (χ4n) is 4.60. The highest BCUT2D eigenvalue weighted by Gasteiger charge is 2.39. The average molecular weight is 405 g/mol. The van der Waals surface area contributed by atoms with Crippen LogP contribution >= 0.6 is 0 Å². The van der Waals surface area contributed by atoms with Crippen LogP contribution < -0.4 is 4.90 Å². The van der Waals surface area contributed by atoms with Crippen LogP contribution in [0.5, 0.6) is 0 Å². The van der Waals surface area contributed by atoms with Crippen LogP contribution in [0.1, 0.15) is 24.8 Å². The summed E-state index contributed by atoms with van der Waals surface area (Å²) in [6.07, 6.45) is 3.91. The van der Waals surface area contributed by atoms with Crippen LogP contribution in [0.4, 0.5) is 5.69 Å². The Hall–Kier alpha value is -3.08. The van der Waals surface area contributed by atoms with E-state index in [1.54, 1.807) is 0 Å². The number of aliphatic carboxylic acids is 1. The maximum Gasteiger partial charge on any atom is 0.307 e. The van der Waals surface area contributed by atoms with E-state index in [1.165, 1.54) is 5.69 Å². The molecule has 2 atom stereocenters. The summed E-state index contributed by atoms with van der Waals surface area (Å²) < 4.78 is 0. The molecule has 1 heterocycles. The molecule has 1 amide bonds. The predicted octanol–water partition coefficient (Wildman–Crippen LogP) is 3.92. The molecule has 1 saturated carbocycles. The van der Waals surface area contributed by atoms with Gasteiger partial charge in [0.25, 0.3) is 0 Å². The van der Waals surface area contributed by atoms with Gasteiger partial charge in [-0.1, -0.05) is 60.2 Å². The Labute approximate surface area is 177 Å². The predicted molar refractivity (Wildman–Crippen MR) is 118 cm³/mol. The highest BCUT2D eigenvalue weighted by Crippen LogP contribution is 2.36.